The third kappa shape index (κ3) is 1.13. The van der Waals surface area contributed by atoms with E-state index in [1.165, 1.54) is 10.7 Å². The van der Waals surface area contributed by atoms with Gasteiger partial charge in [-0.05, 0) is 11.8 Å². The maximum Gasteiger partial charge on any atom is 0.289 e. The van der Waals surface area contributed by atoms with E-state index < -0.39 is 0 Å². The lowest BCUT2D eigenvalue weighted by molar-refractivity contribution is 1.11. The van der Waals surface area contributed by atoms with Crippen LogP contribution >= 0.6 is 7.51 Å². The molecule has 0 radical (unpaired) electrons. The minimum Gasteiger partial charge on any atom is -0.369 e. The zero-order valence-electron chi connectivity index (χ0n) is 6.26. The Balaban J connectivity index is 3.01. The molecule has 0 unspecified atom stereocenters. The number of anilines is 1. The van der Waals surface area contributed by atoms with Crippen LogP contribution in [0.1, 0.15) is 0 Å². The molecule has 0 aliphatic heterocycles. The molecule has 0 atom stereocenters. The van der Waals surface area contributed by atoms with E-state index in [1.807, 2.05) is 0 Å². The van der Waals surface area contributed by atoms with E-state index in [4.69, 9.17) is 17.5 Å². The Hall–Kier alpha value is -1.33. The Bertz CT molecular complexity index is 531. The molecule has 0 aliphatic rings. The van der Waals surface area contributed by atoms with Gasteiger partial charge in [0, 0.05) is 0 Å². The number of nitrogens with one attached hydrogen (secondary N) is 1. The summed E-state index contributed by atoms with van der Waals surface area (Å²) < 4.78 is 1.18. The number of hydrogen-bond acceptors (Lipinski definition) is 5. The molecule has 8 heteroatoms. The third-order valence-corrected chi connectivity index (χ3v) is 2.58. The van der Waals surface area contributed by atoms with E-state index in [0.717, 1.165) is 0 Å². The molecule has 0 aromatic carbocycles. The van der Waals surface area contributed by atoms with Crippen molar-refractivity contribution >= 4 is 36.4 Å². The van der Waals surface area contributed by atoms with Gasteiger partial charge in [-0.1, -0.05) is 0 Å². The van der Waals surface area contributed by atoms with Crippen LogP contribution in [0.4, 0.5) is 5.95 Å². The number of hydrogen-bond donors (Lipinski definition) is 2. The lowest BCUT2D eigenvalue weighted by atomic mass is 10.5. The van der Waals surface area contributed by atoms with Crippen molar-refractivity contribution < 1.29 is 0 Å². The van der Waals surface area contributed by atoms with Gasteiger partial charge in [-0.25, -0.2) is 9.32 Å². The fourth-order valence-electron chi connectivity index (χ4n) is 0.974. The molecule has 0 amide bonds. The molecule has 2 aromatic heterocycles. The average molecular weight is 213 g/mol. The van der Waals surface area contributed by atoms with Crippen molar-refractivity contribution in [2.24, 2.45) is 0 Å². The lowest BCUT2D eigenvalue weighted by Gasteiger charge is -1.98. The van der Waals surface area contributed by atoms with Crippen molar-refractivity contribution in [3.63, 3.8) is 0 Å². The maximum atomic E-state index is 11.5. The minimum atomic E-state index is -0.295. The fourth-order valence-corrected chi connectivity index (χ4v) is 1.75. The number of H-pyrrole nitrogens is 1. The predicted molar refractivity (Wildman–Crippen MR) is 52.2 cm³/mol. The number of aromatic amines is 1. The molecular formula is C5H4N5OPS. The first-order chi connectivity index (χ1) is 6.24. The van der Waals surface area contributed by atoms with Crippen LogP contribution in [0.25, 0.3) is 11.2 Å². The van der Waals surface area contributed by atoms with Gasteiger partial charge in [0.05, 0.1) is 6.33 Å². The van der Waals surface area contributed by atoms with E-state index in [0.29, 0.717) is 18.7 Å². The monoisotopic (exact) mass is 213 g/mol. The maximum absolute atomic E-state index is 11.5. The van der Waals surface area contributed by atoms with E-state index in [-0.39, 0.29) is 11.5 Å². The number of fused-ring (bicyclic) bond motifs is 1. The smallest absolute Gasteiger partial charge is 0.289 e. The van der Waals surface area contributed by atoms with Gasteiger partial charge < -0.3 is 10.7 Å². The van der Waals surface area contributed by atoms with Crippen molar-refractivity contribution in [3.05, 3.63) is 16.7 Å². The van der Waals surface area contributed by atoms with E-state index in [2.05, 4.69) is 15.0 Å². The van der Waals surface area contributed by atoms with Gasteiger partial charge in [0.25, 0.3) is 5.56 Å². The summed E-state index contributed by atoms with van der Waals surface area (Å²) in [5, 5.41) is 0. The second-order valence-corrected chi connectivity index (χ2v) is 3.32. The summed E-state index contributed by atoms with van der Waals surface area (Å²) >= 11 is 4.71. The van der Waals surface area contributed by atoms with Gasteiger partial charge in [0.1, 0.15) is 7.51 Å². The summed E-state index contributed by atoms with van der Waals surface area (Å²) in [5.41, 5.74) is 5.83. The summed E-state index contributed by atoms with van der Waals surface area (Å²) in [6.07, 6.45) is 1.39. The van der Waals surface area contributed by atoms with Crippen LogP contribution in [0, 0.1) is 0 Å². The zero-order chi connectivity index (χ0) is 9.42. The molecule has 6 nitrogen and oxygen atoms in total. The average Bonchev–Trinajstić information content (AvgIpc) is 2.53. The summed E-state index contributed by atoms with van der Waals surface area (Å²) in [6, 6.07) is 0. The summed E-state index contributed by atoms with van der Waals surface area (Å²) in [4.78, 5) is 21.9. The molecule has 2 aromatic rings. The first-order valence-corrected chi connectivity index (χ1v) is 5.15. The first kappa shape index (κ1) is 8.28. The van der Waals surface area contributed by atoms with Crippen LogP contribution < -0.4 is 11.3 Å². The SMILES string of the molecule is Nc1nc2nc[nH]c2c(=O)n1P=S. The number of aromatic nitrogens is 4. The molecule has 0 fully saturated rings. The fraction of sp³-hybridized carbons (Fsp3) is 0. The highest BCUT2D eigenvalue weighted by Crippen LogP contribution is 2.08. The van der Waals surface area contributed by atoms with Crippen LogP contribution in [0.2, 0.25) is 0 Å². The standard InChI is InChI=1S/C5H4N5OPS/c6-5-9-3-2(7-1-8-3)4(11)10(5)12-13/h1H,(H2,6,9)(H,7,8). The summed E-state index contributed by atoms with van der Waals surface area (Å²) in [5.74, 6) is 0.0845. The second-order valence-electron chi connectivity index (χ2n) is 2.27. The highest BCUT2D eigenvalue weighted by atomic mass is 32.4. The van der Waals surface area contributed by atoms with E-state index >= 15 is 0 Å². The Labute approximate surface area is 78.7 Å². The molecule has 0 aliphatic carbocycles. The molecule has 2 heterocycles. The topological polar surface area (TPSA) is 89.6 Å². The molecule has 0 saturated carbocycles. The highest BCUT2D eigenvalue weighted by molar-refractivity contribution is 7.95. The zero-order valence-corrected chi connectivity index (χ0v) is 7.97. The molecule has 66 valence electrons. The Morgan fingerprint density at radius 3 is 3.15 bits per heavy atom. The molecular weight excluding hydrogens is 209 g/mol. The summed E-state index contributed by atoms with van der Waals surface area (Å²) in [6.45, 7) is 0. The van der Waals surface area contributed by atoms with Gasteiger partial charge >= 0.3 is 0 Å². The van der Waals surface area contributed by atoms with Crippen LogP contribution in [-0.4, -0.2) is 19.3 Å². The van der Waals surface area contributed by atoms with Gasteiger partial charge in [-0.15, -0.1) is 0 Å². The lowest BCUT2D eigenvalue weighted by Crippen LogP contribution is -2.18. The second kappa shape index (κ2) is 2.86. The van der Waals surface area contributed by atoms with Gasteiger partial charge in [-0.3, -0.25) is 4.79 Å². The van der Waals surface area contributed by atoms with Gasteiger partial charge in [-0.2, -0.15) is 4.98 Å². The molecule has 2 rings (SSSR count). The molecule has 0 spiro atoms. The number of nitrogen functional groups attached to an aromatic ring is 1. The van der Waals surface area contributed by atoms with Crippen LogP contribution in [-0.2, 0) is 11.8 Å². The quantitative estimate of drug-likeness (QED) is 0.644. The van der Waals surface area contributed by atoms with Crippen LogP contribution in [0.3, 0.4) is 0 Å². The van der Waals surface area contributed by atoms with E-state index in [1.54, 1.807) is 0 Å². The highest BCUT2D eigenvalue weighted by Gasteiger charge is 2.08. The third-order valence-electron chi connectivity index (χ3n) is 1.54. The van der Waals surface area contributed by atoms with Crippen LogP contribution in [0.15, 0.2) is 11.1 Å². The van der Waals surface area contributed by atoms with Crippen molar-refractivity contribution in [2.75, 3.05) is 5.73 Å². The largest absolute Gasteiger partial charge is 0.369 e. The number of nitrogens with zero attached hydrogens (tertiary/aromatic N) is 3. The number of rotatable bonds is 1. The molecule has 0 saturated heterocycles. The van der Waals surface area contributed by atoms with Gasteiger partial charge in [0.2, 0.25) is 5.95 Å². The number of imidazole rings is 1. The van der Waals surface area contributed by atoms with Gasteiger partial charge in [0.15, 0.2) is 11.2 Å². The summed E-state index contributed by atoms with van der Waals surface area (Å²) in [7, 11) is 0.324. The van der Waals surface area contributed by atoms with Crippen molar-refractivity contribution in [1.29, 1.82) is 0 Å². The van der Waals surface area contributed by atoms with Crippen LogP contribution in [0.5, 0.6) is 0 Å². The minimum absolute atomic E-state index is 0.0845. The predicted octanol–water partition coefficient (Wildman–Crippen LogP) is -0.127. The Morgan fingerprint density at radius 1 is 1.69 bits per heavy atom. The number of nitrogens with two attached hydrogens (primary N) is 1. The van der Waals surface area contributed by atoms with E-state index in [9.17, 15) is 4.79 Å². The van der Waals surface area contributed by atoms with Crippen molar-refractivity contribution in [1.82, 2.24) is 19.3 Å². The Kier molecular flexibility index (Phi) is 1.82. The Morgan fingerprint density at radius 2 is 2.46 bits per heavy atom. The first-order valence-electron chi connectivity index (χ1n) is 3.29. The normalized spacial score (nSPS) is 11.1. The molecule has 3 N–H and O–H groups in total. The van der Waals surface area contributed by atoms with Crippen molar-refractivity contribution in [3.8, 4) is 0 Å². The molecule has 13 heavy (non-hydrogen) atoms. The van der Waals surface area contributed by atoms with Crippen molar-refractivity contribution in [2.45, 2.75) is 0 Å². The molecule has 0 bridgehead atoms.